The Labute approximate surface area is 88.7 Å². The summed E-state index contributed by atoms with van der Waals surface area (Å²) in [5.74, 6) is 0.351. The van der Waals surface area contributed by atoms with E-state index >= 15 is 0 Å². The van der Waals surface area contributed by atoms with E-state index < -0.39 is 0 Å². The van der Waals surface area contributed by atoms with Gasteiger partial charge in [-0.1, -0.05) is 19.9 Å². The van der Waals surface area contributed by atoms with Crippen molar-refractivity contribution in [2.45, 2.75) is 26.7 Å². The average molecular weight is 202 g/mol. The predicted molar refractivity (Wildman–Crippen MR) is 59.3 cm³/mol. The highest BCUT2D eigenvalue weighted by atomic mass is 16.1. The molecule has 0 saturated heterocycles. The first kappa shape index (κ1) is 9.90. The van der Waals surface area contributed by atoms with Gasteiger partial charge in [0, 0.05) is 6.20 Å². The van der Waals surface area contributed by atoms with E-state index in [0.29, 0.717) is 0 Å². The summed E-state index contributed by atoms with van der Waals surface area (Å²) >= 11 is 0. The first-order chi connectivity index (χ1) is 7.11. The van der Waals surface area contributed by atoms with Gasteiger partial charge >= 0.3 is 0 Å². The maximum Gasteiger partial charge on any atom is 0.163 e. The Bertz CT molecular complexity index is 511. The Balaban J connectivity index is 2.80. The second-order valence-electron chi connectivity index (χ2n) is 4.00. The molecular weight excluding hydrogens is 188 g/mol. The number of nitrogens with zero attached hydrogens (tertiary/aromatic N) is 2. The van der Waals surface area contributed by atoms with Crippen molar-refractivity contribution in [3.8, 4) is 0 Å². The number of ketones is 1. The molecule has 2 aromatic heterocycles. The normalized spacial score (nSPS) is 11.2. The summed E-state index contributed by atoms with van der Waals surface area (Å²) in [6.45, 7) is 5.69. The zero-order valence-electron chi connectivity index (χ0n) is 9.19. The molecule has 0 N–H and O–H groups in total. The molecule has 0 radical (unpaired) electrons. The van der Waals surface area contributed by atoms with Crippen LogP contribution in [0.15, 0.2) is 24.4 Å². The maximum absolute atomic E-state index is 11.6. The van der Waals surface area contributed by atoms with Crippen LogP contribution in [0.1, 0.15) is 42.7 Å². The number of hydrogen-bond donors (Lipinski definition) is 0. The second kappa shape index (κ2) is 3.50. The summed E-state index contributed by atoms with van der Waals surface area (Å²) in [4.78, 5) is 11.6. The molecule has 0 aliphatic carbocycles. The van der Waals surface area contributed by atoms with Crippen LogP contribution in [0.2, 0.25) is 0 Å². The minimum absolute atomic E-state index is 0.0832. The largest absolute Gasteiger partial charge is 0.294 e. The van der Waals surface area contributed by atoms with E-state index in [1.165, 1.54) is 0 Å². The lowest BCUT2D eigenvalue weighted by molar-refractivity contribution is 0.101. The van der Waals surface area contributed by atoms with Crippen LogP contribution in [0.4, 0.5) is 0 Å². The molecule has 2 rings (SSSR count). The van der Waals surface area contributed by atoms with Gasteiger partial charge in [-0.05, 0) is 25.0 Å². The van der Waals surface area contributed by atoms with Gasteiger partial charge in [0.15, 0.2) is 5.78 Å². The number of aromatic nitrogens is 2. The molecule has 0 fully saturated rings. The summed E-state index contributed by atoms with van der Waals surface area (Å²) in [5, 5.41) is 4.43. The van der Waals surface area contributed by atoms with Crippen molar-refractivity contribution in [2.75, 3.05) is 0 Å². The van der Waals surface area contributed by atoms with Gasteiger partial charge in [0.25, 0.3) is 0 Å². The predicted octanol–water partition coefficient (Wildman–Crippen LogP) is 2.66. The van der Waals surface area contributed by atoms with Crippen molar-refractivity contribution in [3.05, 3.63) is 35.7 Å². The fourth-order valence-corrected chi connectivity index (χ4v) is 1.78. The zero-order valence-corrected chi connectivity index (χ0v) is 9.19. The summed E-state index contributed by atoms with van der Waals surface area (Å²) < 4.78 is 1.77. The number of carbonyl (C=O) groups is 1. The van der Waals surface area contributed by atoms with Crippen molar-refractivity contribution in [2.24, 2.45) is 0 Å². The van der Waals surface area contributed by atoms with E-state index in [4.69, 9.17) is 0 Å². The lowest BCUT2D eigenvalue weighted by Crippen LogP contribution is -1.98. The van der Waals surface area contributed by atoms with Gasteiger partial charge in [-0.3, -0.25) is 4.79 Å². The van der Waals surface area contributed by atoms with Gasteiger partial charge in [-0.2, -0.15) is 5.10 Å². The molecule has 0 spiro atoms. The van der Waals surface area contributed by atoms with Crippen molar-refractivity contribution >= 4 is 11.3 Å². The minimum atomic E-state index is 0.0832. The number of pyridine rings is 1. The van der Waals surface area contributed by atoms with Gasteiger partial charge in [0.05, 0.1) is 16.8 Å². The van der Waals surface area contributed by atoms with Gasteiger partial charge in [-0.15, -0.1) is 0 Å². The van der Waals surface area contributed by atoms with Crippen molar-refractivity contribution in [3.63, 3.8) is 0 Å². The molecule has 0 aliphatic rings. The Morgan fingerprint density at radius 2 is 2.13 bits per heavy atom. The smallest absolute Gasteiger partial charge is 0.163 e. The SMILES string of the molecule is CC(=O)c1c(C(C)C)nn2ccccc12. The van der Waals surface area contributed by atoms with Gasteiger partial charge in [0.2, 0.25) is 0 Å². The number of carbonyl (C=O) groups excluding carboxylic acids is 1. The summed E-state index contributed by atoms with van der Waals surface area (Å²) in [7, 11) is 0. The Morgan fingerprint density at radius 1 is 1.40 bits per heavy atom. The van der Waals surface area contributed by atoms with Gasteiger partial charge in [0.1, 0.15) is 0 Å². The van der Waals surface area contributed by atoms with Crippen LogP contribution in [-0.4, -0.2) is 15.4 Å². The van der Waals surface area contributed by atoms with E-state index in [1.54, 1.807) is 11.4 Å². The third-order valence-electron chi connectivity index (χ3n) is 2.47. The molecule has 2 aromatic rings. The lowest BCUT2D eigenvalue weighted by atomic mass is 10.0. The van der Waals surface area contributed by atoms with Crippen LogP contribution in [0.5, 0.6) is 0 Å². The van der Waals surface area contributed by atoms with E-state index in [2.05, 4.69) is 5.10 Å². The first-order valence-electron chi connectivity index (χ1n) is 5.09. The highest BCUT2D eigenvalue weighted by molar-refractivity contribution is 6.02. The van der Waals surface area contributed by atoms with Crippen LogP contribution >= 0.6 is 0 Å². The Morgan fingerprint density at radius 3 is 2.73 bits per heavy atom. The van der Waals surface area contributed by atoms with Gasteiger partial charge in [-0.25, -0.2) is 4.52 Å². The Hall–Kier alpha value is -1.64. The molecule has 15 heavy (non-hydrogen) atoms. The van der Waals surface area contributed by atoms with Crippen LogP contribution in [0.3, 0.4) is 0 Å². The van der Waals surface area contributed by atoms with Crippen molar-refractivity contribution in [1.82, 2.24) is 9.61 Å². The van der Waals surface area contributed by atoms with Crippen LogP contribution in [0, 0.1) is 0 Å². The highest BCUT2D eigenvalue weighted by Gasteiger charge is 2.17. The molecule has 0 aromatic carbocycles. The van der Waals surface area contributed by atoms with E-state index in [9.17, 15) is 4.79 Å². The standard InChI is InChI=1S/C12H14N2O/c1-8(2)12-11(9(3)15)10-6-4-5-7-14(10)13-12/h4-8H,1-3H3. The lowest BCUT2D eigenvalue weighted by Gasteiger charge is -2.01. The maximum atomic E-state index is 11.6. The average Bonchev–Trinajstić information content (AvgIpc) is 2.56. The van der Waals surface area contributed by atoms with Crippen molar-refractivity contribution < 1.29 is 4.79 Å². The molecule has 0 amide bonds. The zero-order chi connectivity index (χ0) is 11.0. The molecule has 0 bridgehead atoms. The van der Waals surface area contributed by atoms with Crippen LogP contribution < -0.4 is 0 Å². The second-order valence-corrected chi connectivity index (χ2v) is 4.00. The fraction of sp³-hybridized carbons (Fsp3) is 0.333. The molecule has 3 nitrogen and oxygen atoms in total. The quantitative estimate of drug-likeness (QED) is 0.701. The molecule has 0 saturated carbocycles. The van der Waals surface area contributed by atoms with Crippen LogP contribution in [-0.2, 0) is 0 Å². The van der Waals surface area contributed by atoms with E-state index in [1.807, 2.05) is 38.2 Å². The fourth-order valence-electron chi connectivity index (χ4n) is 1.78. The Kier molecular flexibility index (Phi) is 2.31. The van der Waals surface area contributed by atoms with Crippen LogP contribution in [0.25, 0.3) is 5.52 Å². The number of hydrogen-bond acceptors (Lipinski definition) is 2. The third-order valence-corrected chi connectivity index (χ3v) is 2.47. The number of rotatable bonds is 2. The molecular formula is C12H14N2O. The monoisotopic (exact) mass is 202 g/mol. The van der Waals surface area contributed by atoms with E-state index in [-0.39, 0.29) is 11.7 Å². The molecule has 2 heterocycles. The highest BCUT2D eigenvalue weighted by Crippen LogP contribution is 2.22. The molecule has 0 atom stereocenters. The number of fused-ring (bicyclic) bond motifs is 1. The summed E-state index contributed by atoms with van der Waals surface area (Å²) in [6.07, 6.45) is 1.87. The molecule has 78 valence electrons. The first-order valence-corrected chi connectivity index (χ1v) is 5.09. The van der Waals surface area contributed by atoms with Gasteiger partial charge < -0.3 is 0 Å². The molecule has 0 unspecified atom stereocenters. The number of Topliss-reactive ketones (excluding diaryl/α,β-unsaturated/α-hetero) is 1. The van der Waals surface area contributed by atoms with E-state index in [0.717, 1.165) is 16.8 Å². The minimum Gasteiger partial charge on any atom is -0.294 e. The summed E-state index contributed by atoms with van der Waals surface area (Å²) in [6, 6.07) is 5.76. The summed E-state index contributed by atoms with van der Waals surface area (Å²) in [5.41, 5.74) is 2.54. The molecule has 3 heteroatoms. The third kappa shape index (κ3) is 1.54. The van der Waals surface area contributed by atoms with Crippen molar-refractivity contribution in [1.29, 1.82) is 0 Å². The topological polar surface area (TPSA) is 34.4 Å². The molecule has 0 aliphatic heterocycles.